The maximum absolute atomic E-state index is 10.4. The lowest BCUT2D eigenvalue weighted by molar-refractivity contribution is -0.112. The van der Waals surface area contributed by atoms with E-state index in [0.29, 0.717) is 0 Å². The number of aromatic nitrogens is 1. The van der Waals surface area contributed by atoms with Gasteiger partial charge in [-0.15, -0.1) is 11.3 Å². The van der Waals surface area contributed by atoms with E-state index in [-0.39, 0.29) is 5.78 Å². The molecule has 10 heavy (non-hydrogen) atoms. The molecule has 0 spiro atoms. The van der Waals surface area contributed by atoms with Crippen molar-refractivity contribution in [2.45, 2.75) is 6.92 Å². The fourth-order valence-electron chi connectivity index (χ4n) is 0.507. The molecule has 0 aromatic carbocycles. The SMILES string of the molecule is CC(=O)/C=C/c1cncs1. The number of ketones is 1. The summed E-state index contributed by atoms with van der Waals surface area (Å²) in [6.07, 6.45) is 5.03. The zero-order valence-corrected chi connectivity index (χ0v) is 6.39. The van der Waals surface area contributed by atoms with E-state index in [1.165, 1.54) is 24.3 Å². The van der Waals surface area contributed by atoms with Crippen molar-refractivity contribution in [1.29, 1.82) is 0 Å². The van der Waals surface area contributed by atoms with Crippen molar-refractivity contribution in [3.63, 3.8) is 0 Å². The quantitative estimate of drug-likeness (QED) is 0.606. The minimum absolute atomic E-state index is 0.0633. The molecule has 2 nitrogen and oxygen atoms in total. The van der Waals surface area contributed by atoms with Crippen molar-refractivity contribution < 1.29 is 4.79 Å². The van der Waals surface area contributed by atoms with Crippen molar-refractivity contribution >= 4 is 23.2 Å². The van der Waals surface area contributed by atoms with Crippen LogP contribution in [0, 0.1) is 0 Å². The normalized spacial score (nSPS) is 10.5. The largest absolute Gasteiger partial charge is 0.295 e. The maximum Gasteiger partial charge on any atom is 0.152 e. The number of nitrogens with zero attached hydrogens (tertiary/aromatic N) is 1. The van der Waals surface area contributed by atoms with E-state index in [1.54, 1.807) is 17.8 Å². The molecule has 0 saturated carbocycles. The van der Waals surface area contributed by atoms with Gasteiger partial charge in [0, 0.05) is 11.1 Å². The van der Waals surface area contributed by atoms with Crippen LogP contribution in [0.3, 0.4) is 0 Å². The van der Waals surface area contributed by atoms with E-state index in [4.69, 9.17) is 0 Å². The molecule has 0 aliphatic carbocycles. The zero-order valence-electron chi connectivity index (χ0n) is 5.57. The van der Waals surface area contributed by atoms with Gasteiger partial charge >= 0.3 is 0 Å². The highest BCUT2D eigenvalue weighted by Gasteiger charge is 1.86. The van der Waals surface area contributed by atoms with E-state index < -0.39 is 0 Å². The van der Waals surface area contributed by atoms with Crippen molar-refractivity contribution in [3.05, 3.63) is 22.7 Å². The zero-order chi connectivity index (χ0) is 7.40. The number of carbonyl (C=O) groups is 1. The molecule has 52 valence electrons. The van der Waals surface area contributed by atoms with Crippen LogP contribution in [0.25, 0.3) is 6.08 Å². The fraction of sp³-hybridized carbons (Fsp3) is 0.143. The lowest BCUT2D eigenvalue weighted by atomic mass is 10.4. The Hall–Kier alpha value is -0.960. The molecule has 0 saturated heterocycles. The number of thiazole rings is 1. The van der Waals surface area contributed by atoms with Gasteiger partial charge in [-0.1, -0.05) is 0 Å². The Balaban J connectivity index is 2.64. The Morgan fingerprint density at radius 1 is 1.80 bits per heavy atom. The Labute approximate surface area is 63.2 Å². The van der Waals surface area contributed by atoms with Crippen molar-refractivity contribution in [3.8, 4) is 0 Å². The standard InChI is InChI=1S/C7H7NOS/c1-6(9)2-3-7-4-8-5-10-7/h2-5H,1H3/b3-2+. The maximum atomic E-state index is 10.4. The molecule has 0 atom stereocenters. The minimum Gasteiger partial charge on any atom is -0.295 e. The van der Waals surface area contributed by atoms with Gasteiger partial charge in [-0.3, -0.25) is 9.78 Å². The van der Waals surface area contributed by atoms with Crippen molar-refractivity contribution in [2.75, 3.05) is 0 Å². The number of hydrogen-bond acceptors (Lipinski definition) is 3. The smallest absolute Gasteiger partial charge is 0.152 e. The summed E-state index contributed by atoms with van der Waals surface area (Å²) in [7, 11) is 0. The average molecular weight is 153 g/mol. The van der Waals surface area contributed by atoms with E-state index in [2.05, 4.69) is 4.98 Å². The van der Waals surface area contributed by atoms with Gasteiger partial charge in [-0.25, -0.2) is 0 Å². The van der Waals surface area contributed by atoms with Crippen LogP contribution in [0.2, 0.25) is 0 Å². The Morgan fingerprint density at radius 2 is 2.60 bits per heavy atom. The van der Waals surface area contributed by atoms with Crippen LogP contribution in [0.5, 0.6) is 0 Å². The number of carbonyl (C=O) groups excluding carboxylic acids is 1. The van der Waals surface area contributed by atoms with Crippen LogP contribution in [0.4, 0.5) is 0 Å². The molecule has 0 fully saturated rings. The molecule has 0 radical (unpaired) electrons. The number of hydrogen-bond donors (Lipinski definition) is 0. The molecule has 0 N–H and O–H groups in total. The summed E-state index contributed by atoms with van der Waals surface area (Å²) in [5.74, 6) is 0.0633. The first-order valence-corrected chi connectivity index (χ1v) is 3.74. The number of allylic oxidation sites excluding steroid dienone is 1. The van der Waals surface area contributed by atoms with Gasteiger partial charge in [0.25, 0.3) is 0 Å². The molecule has 0 bridgehead atoms. The van der Waals surface area contributed by atoms with E-state index >= 15 is 0 Å². The van der Waals surface area contributed by atoms with Gasteiger partial charge in [-0.05, 0) is 19.1 Å². The van der Waals surface area contributed by atoms with Gasteiger partial charge < -0.3 is 0 Å². The third kappa shape index (κ3) is 2.11. The van der Waals surface area contributed by atoms with Gasteiger partial charge in [0.15, 0.2) is 5.78 Å². The first-order chi connectivity index (χ1) is 4.79. The number of rotatable bonds is 2. The summed E-state index contributed by atoms with van der Waals surface area (Å²) in [6.45, 7) is 1.53. The van der Waals surface area contributed by atoms with Gasteiger partial charge in [-0.2, -0.15) is 0 Å². The summed E-state index contributed by atoms with van der Waals surface area (Å²) in [6, 6.07) is 0. The third-order valence-corrected chi connectivity index (χ3v) is 1.67. The van der Waals surface area contributed by atoms with Crippen LogP contribution in [-0.2, 0) is 4.79 Å². The third-order valence-electron chi connectivity index (χ3n) is 0.934. The van der Waals surface area contributed by atoms with Crippen molar-refractivity contribution in [2.24, 2.45) is 0 Å². The highest BCUT2D eigenvalue weighted by atomic mass is 32.1. The van der Waals surface area contributed by atoms with Gasteiger partial charge in [0.1, 0.15) is 0 Å². The van der Waals surface area contributed by atoms with E-state index in [1.807, 2.05) is 0 Å². The molecule has 1 aromatic rings. The summed E-state index contributed by atoms with van der Waals surface area (Å²) < 4.78 is 0. The van der Waals surface area contributed by atoms with Gasteiger partial charge in [0.05, 0.1) is 5.51 Å². The summed E-state index contributed by atoms with van der Waals surface area (Å²) in [5, 5.41) is 0. The second kappa shape index (κ2) is 3.27. The Kier molecular flexibility index (Phi) is 2.34. The molecule has 1 aromatic heterocycles. The highest BCUT2D eigenvalue weighted by Crippen LogP contribution is 2.06. The Bertz CT molecular complexity index is 238. The highest BCUT2D eigenvalue weighted by molar-refractivity contribution is 7.10. The van der Waals surface area contributed by atoms with E-state index in [9.17, 15) is 4.79 Å². The average Bonchev–Trinajstić information content (AvgIpc) is 2.34. The summed E-state index contributed by atoms with van der Waals surface area (Å²) >= 11 is 1.51. The van der Waals surface area contributed by atoms with Crippen LogP contribution in [0.1, 0.15) is 11.8 Å². The molecular weight excluding hydrogens is 146 g/mol. The summed E-state index contributed by atoms with van der Waals surface area (Å²) in [5.41, 5.74) is 1.74. The fourth-order valence-corrected chi connectivity index (χ4v) is 1.02. The van der Waals surface area contributed by atoms with Crippen LogP contribution < -0.4 is 0 Å². The molecule has 3 heteroatoms. The first-order valence-electron chi connectivity index (χ1n) is 2.86. The second-order valence-electron chi connectivity index (χ2n) is 1.85. The monoisotopic (exact) mass is 153 g/mol. The lowest BCUT2D eigenvalue weighted by Gasteiger charge is -1.77. The predicted octanol–water partition coefficient (Wildman–Crippen LogP) is 1.75. The Morgan fingerprint density at radius 3 is 3.10 bits per heavy atom. The van der Waals surface area contributed by atoms with Crippen LogP contribution in [-0.4, -0.2) is 10.8 Å². The molecule has 0 unspecified atom stereocenters. The lowest BCUT2D eigenvalue weighted by Crippen LogP contribution is -1.77. The van der Waals surface area contributed by atoms with Gasteiger partial charge in [0.2, 0.25) is 0 Å². The minimum atomic E-state index is 0.0633. The first kappa shape index (κ1) is 7.15. The van der Waals surface area contributed by atoms with Crippen LogP contribution >= 0.6 is 11.3 Å². The molecule has 0 amide bonds. The molecule has 1 heterocycles. The molecular formula is C7H7NOS. The predicted molar refractivity (Wildman–Crippen MR) is 41.8 cm³/mol. The second-order valence-corrected chi connectivity index (χ2v) is 2.77. The molecule has 0 aliphatic heterocycles. The van der Waals surface area contributed by atoms with E-state index in [0.717, 1.165) is 4.88 Å². The topological polar surface area (TPSA) is 30.0 Å². The van der Waals surface area contributed by atoms with Crippen molar-refractivity contribution in [1.82, 2.24) is 4.98 Å². The molecule has 1 rings (SSSR count). The molecule has 0 aliphatic rings. The van der Waals surface area contributed by atoms with Crippen LogP contribution in [0.15, 0.2) is 17.8 Å². The summed E-state index contributed by atoms with van der Waals surface area (Å²) in [4.78, 5) is 15.3.